The molecule has 0 aromatic carbocycles. The number of carboxylic acids is 1. The van der Waals surface area contributed by atoms with E-state index in [-0.39, 0.29) is 5.91 Å². The number of hydrogen-bond acceptors (Lipinski definition) is 4. The van der Waals surface area contributed by atoms with Crippen molar-refractivity contribution in [2.75, 3.05) is 5.75 Å². The lowest BCUT2D eigenvalue weighted by Crippen LogP contribution is -2.41. The number of carbonyl (C=O) groups excluding carboxylic acids is 1. The smallest absolute Gasteiger partial charge is 0.327 e. The van der Waals surface area contributed by atoms with E-state index < -0.39 is 12.0 Å². The zero-order valence-corrected chi connectivity index (χ0v) is 11.8. The maximum atomic E-state index is 11.0. The van der Waals surface area contributed by atoms with Crippen molar-refractivity contribution >= 4 is 29.3 Å². The van der Waals surface area contributed by atoms with E-state index >= 15 is 0 Å². The Bertz CT molecular complexity index is 593. The minimum atomic E-state index is -1.03. The Kier molecular flexibility index (Phi) is 4.62. The van der Waals surface area contributed by atoms with Gasteiger partial charge in [-0.05, 0) is 12.1 Å². The molecule has 0 radical (unpaired) electrons. The molecule has 2 aromatic heterocycles. The number of pyridine rings is 1. The summed E-state index contributed by atoms with van der Waals surface area (Å²) in [6, 6.07) is 4.87. The predicted molar refractivity (Wildman–Crippen MR) is 76.6 cm³/mol. The molecular formula is C13H15N3O3S. The molecule has 1 amide bonds. The molecule has 0 bridgehead atoms. The third-order valence-electron chi connectivity index (χ3n) is 2.62. The molecule has 0 aliphatic rings. The molecule has 0 fully saturated rings. The topological polar surface area (TPSA) is 83.7 Å². The number of nitrogens with zero attached hydrogens (tertiary/aromatic N) is 2. The van der Waals surface area contributed by atoms with Gasteiger partial charge in [-0.1, -0.05) is 6.07 Å². The van der Waals surface area contributed by atoms with Crippen LogP contribution in [0.1, 0.15) is 12.6 Å². The van der Waals surface area contributed by atoms with Crippen LogP contribution in [0.2, 0.25) is 0 Å². The molecule has 20 heavy (non-hydrogen) atoms. The normalized spacial score (nSPS) is 12.2. The first-order chi connectivity index (χ1) is 9.56. The van der Waals surface area contributed by atoms with Crippen LogP contribution in [0.15, 0.2) is 30.6 Å². The molecule has 0 saturated heterocycles. The van der Waals surface area contributed by atoms with Gasteiger partial charge in [-0.25, -0.2) is 9.78 Å². The minimum absolute atomic E-state index is 0.308. The van der Waals surface area contributed by atoms with Gasteiger partial charge in [-0.2, -0.15) is 11.8 Å². The summed E-state index contributed by atoms with van der Waals surface area (Å²) in [4.78, 5) is 26.3. The SMILES string of the molecule is CC(=O)N[C@@H](CSCc1cn2ccccc2n1)C(=O)O. The lowest BCUT2D eigenvalue weighted by Gasteiger charge is -2.11. The zero-order valence-electron chi connectivity index (χ0n) is 10.9. The summed E-state index contributed by atoms with van der Waals surface area (Å²) in [5.74, 6) is -0.457. The van der Waals surface area contributed by atoms with E-state index in [1.165, 1.54) is 18.7 Å². The van der Waals surface area contributed by atoms with Gasteiger partial charge in [-0.15, -0.1) is 0 Å². The van der Waals surface area contributed by atoms with Crippen LogP contribution in [0, 0.1) is 0 Å². The Morgan fingerprint density at radius 2 is 2.30 bits per heavy atom. The number of thioether (sulfide) groups is 1. The highest BCUT2D eigenvalue weighted by Gasteiger charge is 2.18. The van der Waals surface area contributed by atoms with E-state index in [1.54, 1.807) is 0 Å². The maximum Gasteiger partial charge on any atom is 0.327 e. The van der Waals surface area contributed by atoms with Crippen LogP contribution in [0.5, 0.6) is 0 Å². The number of hydrogen-bond donors (Lipinski definition) is 2. The van der Waals surface area contributed by atoms with Crippen molar-refractivity contribution in [2.45, 2.75) is 18.7 Å². The van der Waals surface area contributed by atoms with Crippen molar-refractivity contribution < 1.29 is 14.7 Å². The van der Waals surface area contributed by atoms with Crippen molar-refractivity contribution in [1.82, 2.24) is 14.7 Å². The number of carbonyl (C=O) groups is 2. The van der Waals surface area contributed by atoms with Gasteiger partial charge in [0.15, 0.2) is 0 Å². The van der Waals surface area contributed by atoms with Gasteiger partial charge < -0.3 is 14.8 Å². The second-order valence-electron chi connectivity index (χ2n) is 4.30. The molecule has 2 aromatic rings. The number of amides is 1. The molecular weight excluding hydrogens is 278 g/mol. The largest absolute Gasteiger partial charge is 0.480 e. The zero-order chi connectivity index (χ0) is 14.5. The van der Waals surface area contributed by atoms with E-state index in [9.17, 15) is 9.59 Å². The van der Waals surface area contributed by atoms with Crippen molar-refractivity contribution in [3.05, 3.63) is 36.3 Å². The first-order valence-electron chi connectivity index (χ1n) is 6.06. The molecule has 106 valence electrons. The number of aliphatic carboxylic acids is 1. The standard InChI is InChI=1S/C13H15N3O3S/c1-9(17)14-11(13(18)19)8-20-7-10-6-16-5-3-2-4-12(16)15-10/h2-6,11H,7-8H2,1H3,(H,14,17)(H,18,19)/t11-/m0/s1. The van der Waals surface area contributed by atoms with Crippen LogP contribution in [-0.4, -0.2) is 38.2 Å². The molecule has 2 rings (SSSR count). The summed E-state index contributed by atoms with van der Waals surface area (Å²) in [5.41, 5.74) is 1.74. The lowest BCUT2D eigenvalue weighted by atomic mass is 10.3. The fraction of sp³-hybridized carbons (Fsp3) is 0.308. The highest BCUT2D eigenvalue weighted by Crippen LogP contribution is 2.14. The second kappa shape index (κ2) is 6.42. The van der Waals surface area contributed by atoms with Crippen molar-refractivity contribution in [3.63, 3.8) is 0 Å². The summed E-state index contributed by atoms with van der Waals surface area (Å²) in [7, 11) is 0. The minimum Gasteiger partial charge on any atom is -0.480 e. The first kappa shape index (κ1) is 14.4. The molecule has 2 N–H and O–H groups in total. The third kappa shape index (κ3) is 3.74. The number of carboxylic acid groups (broad SMARTS) is 1. The molecule has 0 aliphatic carbocycles. The van der Waals surface area contributed by atoms with Crippen molar-refractivity contribution in [3.8, 4) is 0 Å². The monoisotopic (exact) mass is 293 g/mol. The Morgan fingerprint density at radius 1 is 1.50 bits per heavy atom. The average Bonchev–Trinajstić information content (AvgIpc) is 2.79. The van der Waals surface area contributed by atoms with Gasteiger partial charge in [0, 0.05) is 30.8 Å². The molecule has 0 aliphatic heterocycles. The van der Waals surface area contributed by atoms with E-state index in [2.05, 4.69) is 10.3 Å². The molecule has 0 spiro atoms. The quantitative estimate of drug-likeness (QED) is 0.835. The van der Waals surface area contributed by atoms with E-state index in [4.69, 9.17) is 5.11 Å². The van der Waals surface area contributed by atoms with Gasteiger partial charge >= 0.3 is 5.97 Å². The van der Waals surface area contributed by atoms with Gasteiger partial charge in [-0.3, -0.25) is 4.79 Å². The van der Waals surface area contributed by atoms with Gasteiger partial charge in [0.25, 0.3) is 0 Å². The summed E-state index contributed by atoms with van der Waals surface area (Å²) in [6.07, 6.45) is 3.82. The second-order valence-corrected chi connectivity index (χ2v) is 5.34. The number of nitrogens with one attached hydrogen (secondary N) is 1. The summed E-state index contributed by atoms with van der Waals surface area (Å²) >= 11 is 1.43. The van der Waals surface area contributed by atoms with E-state index in [1.807, 2.05) is 35.0 Å². The van der Waals surface area contributed by atoms with Crippen LogP contribution < -0.4 is 5.32 Å². The third-order valence-corrected chi connectivity index (χ3v) is 3.69. The lowest BCUT2D eigenvalue weighted by molar-refractivity contribution is -0.140. The highest BCUT2D eigenvalue weighted by atomic mass is 32.2. The molecule has 0 saturated carbocycles. The Morgan fingerprint density at radius 3 is 2.95 bits per heavy atom. The predicted octanol–water partition coefficient (Wildman–Crippen LogP) is 1.16. The highest BCUT2D eigenvalue weighted by molar-refractivity contribution is 7.98. The van der Waals surface area contributed by atoms with Gasteiger partial charge in [0.1, 0.15) is 11.7 Å². The Balaban J connectivity index is 1.91. The van der Waals surface area contributed by atoms with Crippen molar-refractivity contribution in [2.24, 2.45) is 0 Å². The van der Waals surface area contributed by atoms with Crippen molar-refractivity contribution in [1.29, 1.82) is 0 Å². The number of imidazole rings is 1. The summed E-state index contributed by atoms with van der Waals surface area (Å²) < 4.78 is 1.92. The fourth-order valence-electron chi connectivity index (χ4n) is 1.76. The summed E-state index contributed by atoms with van der Waals surface area (Å²) in [6.45, 7) is 1.31. The molecule has 6 nitrogen and oxygen atoms in total. The number of fused-ring (bicyclic) bond motifs is 1. The number of rotatable bonds is 6. The summed E-state index contributed by atoms with van der Waals surface area (Å²) in [5, 5.41) is 11.4. The molecule has 7 heteroatoms. The Hall–Kier alpha value is -2.02. The van der Waals surface area contributed by atoms with Gasteiger partial charge in [0.05, 0.1) is 5.69 Å². The van der Waals surface area contributed by atoms with Crippen LogP contribution in [0.3, 0.4) is 0 Å². The fourth-order valence-corrected chi connectivity index (χ4v) is 2.69. The van der Waals surface area contributed by atoms with Crippen LogP contribution in [0.4, 0.5) is 0 Å². The van der Waals surface area contributed by atoms with Crippen LogP contribution in [-0.2, 0) is 15.3 Å². The number of aromatic nitrogens is 2. The van der Waals surface area contributed by atoms with Gasteiger partial charge in [0.2, 0.25) is 5.91 Å². The van der Waals surface area contributed by atoms with E-state index in [0.717, 1.165) is 11.3 Å². The maximum absolute atomic E-state index is 11.0. The van der Waals surface area contributed by atoms with E-state index in [0.29, 0.717) is 11.5 Å². The Labute approximate surface area is 120 Å². The molecule has 0 unspecified atom stereocenters. The molecule has 1 atom stereocenters. The van der Waals surface area contributed by atoms with Crippen LogP contribution in [0.25, 0.3) is 5.65 Å². The molecule has 2 heterocycles. The first-order valence-corrected chi connectivity index (χ1v) is 7.22. The average molecular weight is 293 g/mol. The van der Waals surface area contributed by atoms with Crippen LogP contribution >= 0.6 is 11.8 Å².